The van der Waals surface area contributed by atoms with Crippen LogP contribution < -0.4 is 0 Å². The molecule has 18 heavy (non-hydrogen) atoms. The number of ether oxygens (including phenoxy) is 1. The molecule has 1 unspecified atom stereocenters. The number of aromatic nitrogens is 2. The molecule has 0 bridgehead atoms. The Labute approximate surface area is 107 Å². The number of aliphatic hydroxyl groups is 1. The summed E-state index contributed by atoms with van der Waals surface area (Å²) in [7, 11) is 3.80. The van der Waals surface area contributed by atoms with Crippen molar-refractivity contribution in [2.24, 2.45) is 7.05 Å². The van der Waals surface area contributed by atoms with E-state index in [9.17, 15) is 9.90 Å². The second kappa shape index (κ2) is 7.13. The first-order valence-electron chi connectivity index (χ1n) is 6.01. The second-order valence-corrected chi connectivity index (χ2v) is 4.31. The first kappa shape index (κ1) is 14.7. The Morgan fingerprint density at radius 1 is 1.67 bits per heavy atom. The molecular weight excluding hydrogens is 234 g/mol. The monoisotopic (exact) mass is 255 g/mol. The lowest BCUT2D eigenvalue weighted by atomic mass is 10.2. The molecule has 0 aliphatic heterocycles. The number of nitrogens with zero attached hydrogens (tertiary/aromatic N) is 3. The van der Waals surface area contributed by atoms with Gasteiger partial charge in [0.15, 0.2) is 0 Å². The van der Waals surface area contributed by atoms with Crippen molar-refractivity contribution in [3.05, 3.63) is 18.2 Å². The molecule has 1 aromatic heterocycles. The Bertz CT molecular complexity index is 378. The average Bonchev–Trinajstić information content (AvgIpc) is 2.64. The molecular formula is C12H21N3O3. The van der Waals surface area contributed by atoms with Gasteiger partial charge in [-0.1, -0.05) is 0 Å². The Morgan fingerprint density at radius 3 is 2.94 bits per heavy atom. The highest BCUT2D eigenvalue weighted by molar-refractivity contribution is 5.69. The predicted octanol–water partition coefficient (Wildman–Crippen LogP) is 0.166. The van der Waals surface area contributed by atoms with Crippen molar-refractivity contribution in [1.82, 2.24) is 14.5 Å². The van der Waals surface area contributed by atoms with Gasteiger partial charge in [-0.3, -0.25) is 9.69 Å². The third kappa shape index (κ3) is 4.85. The number of aliphatic hydroxyl groups excluding tert-OH is 1. The maximum atomic E-state index is 11.2. The molecule has 0 saturated carbocycles. The number of carbonyl (C=O) groups excluding carboxylic acids is 1. The Kier molecular flexibility index (Phi) is 5.80. The lowest BCUT2D eigenvalue weighted by Gasteiger charge is -2.19. The van der Waals surface area contributed by atoms with E-state index in [0.717, 1.165) is 5.82 Å². The molecule has 0 amide bonds. The fourth-order valence-electron chi connectivity index (χ4n) is 1.69. The van der Waals surface area contributed by atoms with Crippen LogP contribution in [0.4, 0.5) is 0 Å². The van der Waals surface area contributed by atoms with E-state index in [4.69, 9.17) is 4.74 Å². The summed E-state index contributed by atoms with van der Waals surface area (Å²) < 4.78 is 6.71. The summed E-state index contributed by atoms with van der Waals surface area (Å²) in [6.07, 6.45) is 2.92. The molecule has 0 spiro atoms. The third-order valence-electron chi connectivity index (χ3n) is 2.56. The van der Waals surface area contributed by atoms with Gasteiger partial charge in [0.2, 0.25) is 0 Å². The van der Waals surface area contributed by atoms with Crippen molar-refractivity contribution >= 4 is 5.97 Å². The van der Waals surface area contributed by atoms with Gasteiger partial charge in [-0.25, -0.2) is 4.98 Å². The normalized spacial score (nSPS) is 12.7. The number of aryl methyl sites for hydroxylation is 1. The van der Waals surface area contributed by atoms with E-state index < -0.39 is 6.10 Å². The van der Waals surface area contributed by atoms with E-state index in [0.29, 0.717) is 19.7 Å². The zero-order valence-electron chi connectivity index (χ0n) is 11.2. The van der Waals surface area contributed by atoms with Crippen LogP contribution in [0, 0.1) is 0 Å². The van der Waals surface area contributed by atoms with Gasteiger partial charge in [-0.15, -0.1) is 0 Å². The number of esters is 1. The lowest BCUT2D eigenvalue weighted by molar-refractivity contribution is -0.145. The molecule has 0 radical (unpaired) electrons. The zero-order chi connectivity index (χ0) is 13.5. The molecule has 0 aromatic carbocycles. The van der Waals surface area contributed by atoms with Crippen LogP contribution in [0.3, 0.4) is 0 Å². The van der Waals surface area contributed by atoms with Crippen molar-refractivity contribution in [2.75, 3.05) is 20.2 Å². The summed E-state index contributed by atoms with van der Waals surface area (Å²) in [4.78, 5) is 17.3. The van der Waals surface area contributed by atoms with E-state index in [2.05, 4.69) is 4.98 Å². The molecule has 6 heteroatoms. The molecule has 0 saturated heterocycles. The predicted molar refractivity (Wildman–Crippen MR) is 66.8 cm³/mol. The lowest BCUT2D eigenvalue weighted by Crippen LogP contribution is -2.31. The molecule has 1 heterocycles. The van der Waals surface area contributed by atoms with Crippen molar-refractivity contribution < 1.29 is 14.6 Å². The van der Waals surface area contributed by atoms with Crippen molar-refractivity contribution in [2.45, 2.75) is 26.0 Å². The third-order valence-corrected chi connectivity index (χ3v) is 2.56. The van der Waals surface area contributed by atoms with Gasteiger partial charge < -0.3 is 14.4 Å². The number of hydrogen-bond acceptors (Lipinski definition) is 5. The van der Waals surface area contributed by atoms with Gasteiger partial charge in [0.1, 0.15) is 5.82 Å². The van der Waals surface area contributed by atoms with Crippen LogP contribution in [0.25, 0.3) is 0 Å². The largest absolute Gasteiger partial charge is 0.466 e. The highest BCUT2D eigenvalue weighted by atomic mass is 16.5. The standard InChI is InChI=1S/C12H21N3O3/c1-4-18-12(17)7-10(16)8-14(2)9-11-13-5-6-15(11)3/h5-6,10,16H,4,7-9H2,1-3H3. The topological polar surface area (TPSA) is 67.6 Å². The van der Waals surface area contributed by atoms with Crippen LogP contribution >= 0.6 is 0 Å². The zero-order valence-corrected chi connectivity index (χ0v) is 11.2. The molecule has 6 nitrogen and oxygen atoms in total. The van der Waals surface area contributed by atoms with Crippen molar-refractivity contribution in [1.29, 1.82) is 0 Å². The van der Waals surface area contributed by atoms with E-state index in [1.54, 1.807) is 13.1 Å². The van der Waals surface area contributed by atoms with Crippen molar-refractivity contribution in [3.8, 4) is 0 Å². The summed E-state index contributed by atoms with van der Waals surface area (Å²) in [6.45, 7) is 3.13. The minimum Gasteiger partial charge on any atom is -0.466 e. The molecule has 1 N–H and O–H groups in total. The first-order valence-corrected chi connectivity index (χ1v) is 6.01. The van der Waals surface area contributed by atoms with Crippen LogP contribution in [0.1, 0.15) is 19.2 Å². The molecule has 0 fully saturated rings. The van der Waals surface area contributed by atoms with Gasteiger partial charge in [0.25, 0.3) is 0 Å². The van der Waals surface area contributed by atoms with Crippen LogP contribution in [0.15, 0.2) is 12.4 Å². The quantitative estimate of drug-likeness (QED) is 0.703. The number of imidazole rings is 1. The van der Waals surface area contributed by atoms with Gasteiger partial charge in [-0.2, -0.15) is 0 Å². The van der Waals surface area contributed by atoms with E-state index in [-0.39, 0.29) is 12.4 Å². The number of hydrogen-bond donors (Lipinski definition) is 1. The molecule has 1 rings (SSSR count). The minimum absolute atomic E-state index is 0.0265. The number of likely N-dealkylation sites (N-methyl/N-ethyl adjacent to an activating group) is 1. The second-order valence-electron chi connectivity index (χ2n) is 4.31. The van der Waals surface area contributed by atoms with Crippen LogP contribution in [-0.4, -0.2) is 51.8 Å². The SMILES string of the molecule is CCOC(=O)CC(O)CN(C)Cc1nccn1C. The first-order chi connectivity index (χ1) is 8.52. The van der Waals surface area contributed by atoms with Crippen LogP contribution in [-0.2, 0) is 23.1 Å². The average molecular weight is 255 g/mol. The highest BCUT2D eigenvalue weighted by Crippen LogP contribution is 2.02. The highest BCUT2D eigenvalue weighted by Gasteiger charge is 2.14. The van der Waals surface area contributed by atoms with Crippen molar-refractivity contribution in [3.63, 3.8) is 0 Å². The number of rotatable bonds is 7. The number of carbonyl (C=O) groups is 1. The van der Waals surface area contributed by atoms with Gasteiger partial charge >= 0.3 is 5.97 Å². The smallest absolute Gasteiger partial charge is 0.308 e. The van der Waals surface area contributed by atoms with Crippen LogP contribution in [0.5, 0.6) is 0 Å². The fourth-order valence-corrected chi connectivity index (χ4v) is 1.69. The Hall–Kier alpha value is -1.40. The summed E-state index contributed by atoms with van der Waals surface area (Å²) in [5.41, 5.74) is 0. The van der Waals surface area contributed by atoms with E-state index in [1.807, 2.05) is 29.8 Å². The summed E-state index contributed by atoms with van der Waals surface area (Å²) in [5.74, 6) is 0.552. The van der Waals surface area contributed by atoms with E-state index >= 15 is 0 Å². The maximum Gasteiger partial charge on any atom is 0.308 e. The van der Waals surface area contributed by atoms with Gasteiger partial charge in [-0.05, 0) is 14.0 Å². The fraction of sp³-hybridized carbons (Fsp3) is 0.667. The van der Waals surface area contributed by atoms with Gasteiger partial charge in [0, 0.05) is 26.0 Å². The molecule has 0 aliphatic rings. The van der Waals surface area contributed by atoms with E-state index in [1.165, 1.54) is 0 Å². The maximum absolute atomic E-state index is 11.2. The minimum atomic E-state index is -0.714. The molecule has 1 aromatic rings. The molecule has 0 aliphatic carbocycles. The van der Waals surface area contributed by atoms with Gasteiger partial charge in [0.05, 0.1) is 25.7 Å². The molecule has 102 valence electrons. The molecule has 1 atom stereocenters. The summed E-state index contributed by atoms with van der Waals surface area (Å²) in [6, 6.07) is 0. The summed E-state index contributed by atoms with van der Waals surface area (Å²) in [5, 5.41) is 9.74. The Morgan fingerprint density at radius 2 is 2.39 bits per heavy atom. The van der Waals surface area contributed by atoms with Crippen LogP contribution in [0.2, 0.25) is 0 Å². The summed E-state index contributed by atoms with van der Waals surface area (Å²) >= 11 is 0. The Balaban J connectivity index is 2.33.